The molecule has 0 aromatic heterocycles. The molecule has 0 radical (unpaired) electrons. The van der Waals surface area contributed by atoms with Gasteiger partial charge < -0.3 is 9.84 Å². The first-order chi connectivity index (χ1) is 7.52. The fraction of sp³-hybridized carbons (Fsp3) is 0.462. The van der Waals surface area contributed by atoms with Crippen molar-refractivity contribution in [3.63, 3.8) is 0 Å². The lowest BCUT2D eigenvalue weighted by molar-refractivity contribution is -0.138. The highest BCUT2D eigenvalue weighted by atomic mass is 16.5. The topological polar surface area (TPSA) is 46.5 Å². The third-order valence-electron chi connectivity index (χ3n) is 3.08. The largest absolute Gasteiger partial charge is 0.496 e. The summed E-state index contributed by atoms with van der Waals surface area (Å²) in [4.78, 5) is 11.1. The molecule has 1 rings (SSSR count). The first-order valence-corrected chi connectivity index (χ1v) is 5.39. The van der Waals surface area contributed by atoms with Gasteiger partial charge in [0, 0.05) is 0 Å². The van der Waals surface area contributed by atoms with Gasteiger partial charge in [0.1, 0.15) is 5.75 Å². The normalized spacial score (nSPS) is 12.2. The van der Waals surface area contributed by atoms with Gasteiger partial charge in [0.15, 0.2) is 0 Å². The van der Waals surface area contributed by atoms with Crippen LogP contribution >= 0.6 is 0 Å². The minimum Gasteiger partial charge on any atom is -0.496 e. The Morgan fingerprint density at radius 1 is 1.38 bits per heavy atom. The zero-order valence-electron chi connectivity index (χ0n) is 10.2. The minimum absolute atomic E-state index is 0.426. The Morgan fingerprint density at radius 2 is 2.00 bits per heavy atom. The van der Waals surface area contributed by atoms with Crippen molar-refractivity contribution < 1.29 is 14.6 Å². The Hall–Kier alpha value is -1.51. The van der Waals surface area contributed by atoms with Crippen LogP contribution in [0.4, 0.5) is 0 Å². The molecule has 0 saturated heterocycles. The Labute approximate surface area is 96.1 Å². The molecule has 88 valence electrons. The second kappa shape index (κ2) is 5.01. The van der Waals surface area contributed by atoms with Crippen molar-refractivity contribution in [2.45, 2.75) is 33.1 Å². The third kappa shape index (κ3) is 2.18. The summed E-state index contributed by atoms with van der Waals surface area (Å²) in [6.45, 7) is 5.78. The van der Waals surface area contributed by atoms with Crippen LogP contribution in [-0.4, -0.2) is 18.2 Å². The molecule has 0 aliphatic heterocycles. The molecule has 1 aromatic rings. The van der Waals surface area contributed by atoms with Crippen molar-refractivity contribution in [2.75, 3.05) is 7.11 Å². The molecule has 1 atom stereocenters. The van der Waals surface area contributed by atoms with E-state index in [-0.39, 0.29) is 0 Å². The summed E-state index contributed by atoms with van der Waals surface area (Å²) in [5.74, 6) is -0.388. The average Bonchev–Trinajstić information content (AvgIpc) is 2.25. The fourth-order valence-electron chi connectivity index (χ4n) is 1.94. The Bertz CT molecular complexity index is 396. The zero-order chi connectivity index (χ0) is 12.3. The van der Waals surface area contributed by atoms with Gasteiger partial charge in [-0.05, 0) is 43.0 Å². The molecule has 3 nitrogen and oxygen atoms in total. The van der Waals surface area contributed by atoms with Gasteiger partial charge in [0.05, 0.1) is 13.0 Å². The van der Waals surface area contributed by atoms with E-state index < -0.39 is 11.9 Å². The number of hydrogen-bond donors (Lipinski definition) is 1. The summed E-state index contributed by atoms with van der Waals surface area (Å²) in [5.41, 5.74) is 2.90. The second-order valence-corrected chi connectivity index (χ2v) is 3.91. The lowest BCUT2D eigenvalue weighted by Crippen LogP contribution is -2.12. The van der Waals surface area contributed by atoms with Gasteiger partial charge in [-0.3, -0.25) is 4.79 Å². The van der Waals surface area contributed by atoms with Crippen LogP contribution in [0.5, 0.6) is 5.75 Å². The molecule has 0 aliphatic rings. The number of carboxylic acid groups (broad SMARTS) is 1. The molecule has 0 heterocycles. The van der Waals surface area contributed by atoms with Crippen LogP contribution in [0.25, 0.3) is 0 Å². The number of benzene rings is 1. The maximum atomic E-state index is 11.1. The standard InChI is InChI=1S/C13H18O3/c1-5-10(13(14)15)11-6-7-12(16-4)9(3)8(11)2/h6-7,10H,5H2,1-4H3,(H,14,15). The second-order valence-electron chi connectivity index (χ2n) is 3.91. The van der Waals surface area contributed by atoms with Crippen LogP contribution in [-0.2, 0) is 4.79 Å². The van der Waals surface area contributed by atoms with E-state index in [9.17, 15) is 4.79 Å². The Balaban J connectivity index is 3.25. The smallest absolute Gasteiger partial charge is 0.310 e. The SMILES string of the molecule is CCC(C(=O)O)c1ccc(OC)c(C)c1C. The first kappa shape index (κ1) is 12.6. The minimum atomic E-state index is -0.768. The monoisotopic (exact) mass is 222 g/mol. The average molecular weight is 222 g/mol. The third-order valence-corrected chi connectivity index (χ3v) is 3.08. The van der Waals surface area contributed by atoms with Crippen LogP contribution < -0.4 is 4.74 Å². The van der Waals surface area contributed by atoms with Gasteiger partial charge in [-0.25, -0.2) is 0 Å². The number of ether oxygens (including phenoxy) is 1. The number of aliphatic carboxylic acids is 1. The molecule has 1 unspecified atom stereocenters. The van der Waals surface area contributed by atoms with E-state index in [4.69, 9.17) is 9.84 Å². The van der Waals surface area contributed by atoms with Crippen molar-refractivity contribution in [3.8, 4) is 5.75 Å². The van der Waals surface area contributed by atoms with Crippen LogP contribution in [0, 0.1) is 13.8 Å². The number of methoxy groups -OCH3 is 1. The quantitative estimate of drug-likeness (QED) is 0.852. The molecule has 16 heavy (non-hydrogen) atoms. The van der Waals surface area contributed by atoms with Crippen LogP contribution in [0.1, 0.15) is 36.0 Å². The van der Waals surface area contributed by atoms with Gasteiger partial charge >= 0.3 is 5.97 Å². The number of carbonyl (C=O) groups is 1. The molecule has 0 fully saturated rings. The van der Waals surface area contributed by atoms with E-state index in [1.54, 1.807) is 7.11 Å². The summed E-state index contributed by atoms with van der Waals surface area (Å²) < 4.78 is 5.21. The molecule has 0 spiro atoms. The predicted molar refractivity (Wildman–Crippen MR) is 63.1 cm³/mol. The fourth-order valence-corrected chi connectivity index (χ4v) is 1.94. The predicted octanol–water partition coefficient (Wildman–Crippen LogP) is 2.89. The maximum absolute atomic E-state index is 11.1. The molecule has 0 bridgehead atoms. The number of hydrogen-bond acceptors (Lipinski definition) is 2. The van der Waals surface area contributed by atoms with E-state index in [0.717, 1.165) is 22.4 Å². The highest BCUT2D eigenvalue weighted by molar-refractivity contribution is 5.77. The molecular formula is C13H18O3. The molecule has 0 saturated carbocycles. The molecule has 3 heteroatoms. The summed E-state index contributed by atoms with van der Waals surface area (Å²) >= 11 is 0. The van der Waals surface area contributed by atoms with E-state index >= 15 is 0 Å². The number of rotatable bonds is 4. The number of carboxylic acids is 1. The molecule has 0 aliphatic carbocycles. The van der Waals surface area contributed by atoms with Gasteiger partial charge in [0.25, 0.3) is 0 Å². The van der Waals surface area contributed by atoms with Gasteiger partial charge in [-0.1, -0.05) is 13.0 Å². The highest BCUT2D eigenvalue weighted by Gasteiger charge is 2.20. The molecule has 1 aromatic carbocycles. The summed E-state index contributed by atoms with van der Waals surface area (Å²) in [7, 11) is 1.62. The van der Waals surface area contributed by atoms with Gasteiger partial charge in [-0.15, -0.1) is 0 Å². The van der Waals surface area contributed by atoms with Gasteiger partial charge in [0.2, 0.25) is 0 Å². The van der Waals surface area contributed by atoms with Crippen molar-refractivity contribution in [1.82, 2.24) is 0 Å². The first-order valence-electron chi connectivity index (χ1n) is 5.39. The summed E-state index contributed by atoms with van der Waals surface area (Å²) in [6, 6.07) is 3.69. The van der Waals surface area contributed by atoms with Crippen molar-refractivity contribution in [1.29, 1.82) is 0 Å². The van der Waals surface area contributed by atoms with Crippen molar-refractivity contribution >= 4 is 5.97 Å². The van der Waals surface area contributed by atoms with Crippen molar-refractivity contribution in [3.05, 3.63) is 28.8 Å². The van der Waals surface area contributed by atoms with Crippen LogP contribution in [0.2, 0.25) is 0 Å². The zero-order valence-corrected chi connectivity index (χ0v) is 10.2. The summed E-state index contributed by atoms with van der Waals surface area (Å²) in [6.07, 6.45) is 0.599. The van der Waals surface area contributed by atoms with Crippen LogP contribution in [0.3, 0.4) is 0 Å². The summed E-state index contributed by atoms with van der Waals surface area (Å²) in [5, 5.41) is 9.14. The van der Waals surface area contributed by atoms with E-state index in [1.165, 1.54) is 0 Å². The van der Waals surface area contributed by atoms with Crippen LogP contribution in [0.15, 0.2) is 12.1 Å². The highest BCUT2D eigenvalue weighted by Crippen LogP contribution is 2.30. The van der Waals surface area contributed by atoms with Crippen molar-refractivity contribution in [2.24, 2.45) is 0 Å². The molecule has 0 amide bonds. The lowest BCUT2D eigenvalue weighted by atomic mass is 9.90. The molecule has 1 N–H and O–H groups in total. The Morgan fingerprint density at radius 3 is 2.44 bits per heavy atom. The van der Waals surface area contributed by atoms with E-state index in [0.29, 0.717) is 6.42 Å². The Kier molecular flexibility index (Phi) is 3.93. The maximum Gasteiger partial charge on any atom is 0.310 e. The van der Waals surface area contributed by atoms with E-state index in [1.807, 2.05) is 32.9 Å². The van der Waals surface area contributed by atoms with Gasteiger partial charge in [-0.2, -0.15) is 0 Å². The van der Waals surface area contributed by atoms with E-state index in [2.05, 4.69) is 0 Å². The molecular weight excluding hydrogens is 204 g/mol. The lowest BCUT2D eigenvalue weighted by Gasteiger charge is -2.17.